The van der Waals surface area contributed by atoms with Gasteiger partial charge in [-0.15, -0.1) is 0 Å². The second kappa shape index (κ2) is 4.61. The topological polar surface area (TPSA) is 45.8 Å². The predicted octanol–water partition coefficient (Wildman–Crippen LogP) is 3.09. The molecule has 2 aromatic rings. The fourth-order valence-corrected chi connectivity index (χ4v) is 1.94. The minimum Gasteiger partial charge on any atom is -0.268 e. The van der Waals surface area contributed by atoms with Crippen molar-refractivity contribution in [3.63, 3.8) is 0 Å². The lowest BCUT2D eigenvalue weighted by Crippen LogP contribution is -2.15. The van der Waals surface area contributed by atoms with Crippen molar-refractivity contribution in [2.45, 2.75) is 13.8 Å². The maximum absolute atomic E-state index is 13.9. The number of aromatic nitrogens is 2. The largest absolute Gasteiger partial charge is 0.268 e. The van der Waals surface area contributed by atoms with Crippen LogP contribution in [-0.2, 0) is 0 Å². The minimum absolute atomic E-state index is 0.100. The van der Waals surface area contributed by atoms with Crippen LogP contribution in [0.4, 0.5) is 8.78 Å². The number of benzene rings is 1. The normalized spacial score (nSPS) is 10.7. The number of nitrogens with zero attached hydrogens (tertiary/aromatic N) is 1. The number of rotatable bonds is 1. The molecule has 0 saturated heterocycles. The van der Waals surface area contributed by atoms with Crippen molar-refractivity contribution < 1.29 is 8.78 Å². The Labute approximate surface area is 110 Å². The highest BCUT2D eigenvalue weighted by molar-refractivity contribution is 9.10. The standard InChI is InChI=1S/C12H9BrF2N2O/c1-5-6(2)12(18)17-16-11(5)9-8(14)4-3-7(13)10(9)15/h3-4H,1-2H3,(H,17,18). The van der Waals surface area contributed by atoms with Gasteiger partial charge in [0.05, 0.1) is 15.7 Å². The molecule has 1 N–H and O–H groups in total. The van der Waals surface area contributed by atoms with Crippen molar-refractivity contribution in [1.29, 1.82) is 0 Å². The third-order valence-corrected chi connectivity index (χ3v) is 3.42. The predicted molar refractivity (Wildman–Crippen MR) is 67.4 cm³/mol. The Morgan fingerprint density at radius 1 is 1.22 bits per heavy atom. The van der Waals surface area contributed by atoms with Crippen molar-refractivity contribution in [2.75, 3.05) is 0 Å². The monoisotopic (exact) mass is 314 g/mol. The first-order valence-electron chi connectivity index (χ1n) is 5.13. The molecule has 1 aromatic heterocycles. The van der Waals surface area contributed by atoms with E-state index in [2.05, 4.69) is 26.1 Å². The molecule has 0 saturated carbocycles. The summed E-state index contributed by atoms with van der Waals surface area (Å²) >= 11 is 2.99. The van der Waals surface area contributed by atoms with E-state index in [0.717, 1.165) is 6.07 Å². The molecule has 1 aromatic carbocycles. The van der Waals surface area contributed by atoms with E-state index in [-0.39, 0.29) is 21.3 Å². The zero-order chi connectivity index (χ0) is 13.4. The molecule has 0 aliphatic heterocycles. The van der Waals surface area contributed by atoms with Crippen LogP contribution in [0.25, 0.3) is 11.3 Å². The van der Waals surface area contributed by atoms with Crippen LogP contribution in [0.3, 0.4) is 0 Å². The van der Waals surface area contributed by atoms with Crippen LogP contribution >= 0.6 is 15.9 Å². The van der Waals surface area contributed by atoms with Crippen LogP contribution in [0, 0.1) is 25.5 Å². The second-order valence-corrected chi connectivity index (χ2v) is 4.72. The number of halogens is 3. The van der Waals surface area contributed by atoms with Crippen LogP contribution in [0.15, 0.2) is 21.4 Å². The maximum Gasteiger partial charge on any atom is 0.267 e. The molecular weight excluding hydrogens is 306 g/mol. The van der Waals surface area contributed by atoms with E-state index in [1.807, 2.05) is 0 Å². The molecule has 0 fully saturated rings. The third kappa shape index (κ3) is 1.96. The molecule has 6 heteroatoms. The molecule has 0 aliphatic rings. The van der Waals surface area contributed by atoms with Gasteiger partial charge in [-0.05, 0) is 47.5 Å². The van der Waals surface area contributed by atoms with Gasteiger partial charge in [0, 0.05) is 5.56 Å². The van der Waals surface area contributed by atoms with Crippen LogP contribution < -0.4 is 5.56 Å². The summed E-state index contributed by atoms with van der Waals surface area (Å²) in [6.07, 6.45) is 0. The smallest absolute Gasteiger partial charge is 0.267 e. The van der Waals surface area contributed by atoms with Gasteiger partial charge in [0.15, 0.2) is 0 Å². The summed E-state index contributed by atoms with van der Waals surface area (Å²) in [5, 5.41) is 5.96. The highest BCUT2D eigenvalue weighted by atomic mass is 79.9. The van der Waals surface area contributed by atoms with E-state index in [9.17, 15) is 13.6 Å². The molecule has 2 rings (SSSR count). The third-order valence-electron chi connectivity index (χ3n) is 2.81. The minimum atomic E-state index is -0.739. The lowest BCUT2D eigenvalue weighted by atomic mass is 10.0. The highest BCUT2D eigenvalue weighted by Crippen LogP contribution is 2.31. The molecule has 94 valence electrons. The summed E-state index contributed by atoms with van der Waals surface area (Å²) in [7, 11) is 0. The van der Waals surface area contributed by atoms with E-state index in [1.54, 1.807) is 13.8 Å². The van der Waals surface area contributed by atoms with Crippen LogP contribution in [-0.4, -0.2) is 10.2 Å². The van der Waals surface area contributed by atoms with E-state index in [0.29, 0.717) is 11.1 Å². The number of H-pyrrole nitrogens is 1. The Bertz CT molecular complexity index is 683. The molecule has 18 heavy (non-hydrogen) atoms. The number of hydrogen-bond acceptors (Lipinski definition) is 2. The molecule has 0 bridgehead atoms. The van der Waals surface area contributed by atoms with Gasteiger partial charge in [0.1, 0.15) is 11.6 Å². The van der Waals surface area contributed by atoms with Gasteiger partial charge in [0.2, 0.25) is 0 Å². The lowest BCUT2D eigenvalue weighted by molar-refractivity contribution is 0.583. The summed E-state index contributed by atoms with van der Waals surface area (Å²) in [4.78, 5) is 11.3. The van der Waals surface area contributed by atoms with Crippen LogP contribution in [0.1, 0.15) is 11.1 Å². The van der Waals surface area contributed by atoms with Crippen molar-refractivity contribution in [3.05, 3.63) is 49.7 Å². The molecule has 1 heterocycles. The van der Waals surface area contributed by atoms with E-state index < -0.39 is 11.6 Å². The first kappa shape index (κ1) is 12.9. The fraction of sp³-hybridized carbons (Fsp3) is 0.167. The Kier molecular flexibility index (Phi) is 3.30. The molecule has 0 aliphatic carbocycles. The van der Waals surface area contributed by atoms with Gasteiger partial charge < -0.3 is 0 Å². The van der Waals surface area contributed by atoms with Gasteiger partial charge >= 0.3 is 0 Å². The Morgan fingerprint density at radius 2 is 1.89 bits per heavy atom. The van der Waals surface area contributed by atoms with Gasteiger partial charge in [0.25, 0.3) is 5.56 Å². The van der Waals surface area contributed by atoms with E-state index >= 15 is 0 Å². The SMILES string of the molecule is Cc1c(-c2c(F)ccc(Br)c2F)n[nH]c(=O)c1C. The summed E-state index contributed by atoms with van der Waals surface area (Å²) in [5.41, 5.74) is 0.324. The summed E-state index contributed by atoms with van der Waals surface area (Å²) < 4.78 is 27.8. The summed E-state index contributed by atoms with van der Waals surface area (Å²) in [6.45, 7) is 3.18. The maximum atomic E-state index is 13.9. The van der Waals surface area contributed by atoms with Crippen LogP contribution in [0.5, 0.6) is 0 Å². The van der Waals surface area contributed by atoms with Crippen LogP contribution in [0.2, 0.25) is 0 Å². The van der Waals surface area contributed by atoms with Crippen molar-refractivity contribution >= 4 is 15.9 Å². The molecule has 0 atom stereocenters. The Morgan fingerprint density at radius 3 is 2.56 bits per heavy atom. The Hall–Kier alpha value is -1.56. The number of aromatic amines is 1. The van der Waals surface area contributed by atoms with Gasteiger partial charge in [-0.25, -0.2) is 13.9 Å². The number of nitrogens with one attached hydrogen (secondary N) is 1. The van der Waals surface area contributed by atoms with E-state index in [1.165, 1.54) is 6.07 Å². The van der Waals surface area contributed by atoms with Gasteiger partial charge in [-0.2, -0.15) is 5.10 Å². The van der Waals surface area contributed by atoms with Gasteiger partial charge in [-0.3, -0.25) is 4.79 Å². The Balaban J connectivity index is 2.82. The van der Waals surface area contributed by atoms with Gasteiger partial charge in [-0.1, -0.05) is 0 Å². The molecule has 0 spiro atoms. The summed E-state index contributed by atoms with van der Waals surface area (Å²) in [5.74, 6) is -1.46. The lowest BCUT2D eigenvalue weighted by Gasteiger charge is -2.09. The summed E-state index contributed by atoms with van der Waals surface area (Å²) in [6, 6.07) is 2.42. The second-order valence-electron chi connectivity index (χ2n) is 3.87. The first-order valence-corrected chi connectivity index (χ1v) is 5.92. The molecule has 0 amide bonds. The molecular formula is C12H9BrF2N2O. The average Bonchev–Trinajstić information content (AvgIpc) is 2.34. The molecule has 3 nitrogen and oxygen atoms in total. The average molecular weight is 315 g/mol. The van der Waals surface area contributed by atoms with Crippen molar-refractivity contribution in [1.82, 2.24) is 10.2 Å². The highest BCUT2D eigenvalue weighted by Gasteiger charge is 2.19. The van der Waals surface area contributed by atoms with Crippen molar-refractivity contribution in [3.8, 4) is 11.3 Å². The quantitative estimate of drug-likeness (QED) is 0.822. The molecule has 0 unspecified atom stereocenters. The fourth-order valence-electron chi connectivity index (χ4n) is 1.61. The van der Waals surface area contributed by atoms with E-state index in [4.69, 9.17) is 0 Å². The zero-order valence-corrected chi connectivity index (χ0v) is 11.2. The first-order chi connectivity index (χ1) is 8.43. The number of hydrogen-bond donors (Lipinski definition) is 1. The molecule has 0 radical (unpaired) electrons. The zero-order valence-electron chi connectivity index (χ0n) is 9.64. The van der Waals surface area contributed by atoms with Crippen molar-refractivity contribution in [2.24, 2.45) is 0 Å².